The number of halogens is 1. The van der Waals surface area contributed by atoms with Gasteiger partial charge in [0, 0.05) is 31.6 Å². The Hall–Kier alpha value is -0.620. The standard InChI is InChI=1S/C15H21ClN2O2S/c16-10-13-3-1-4-14(9-13)12-21(19,20)18-8-7-17-6-2-5-15(17)11-18/h1,3-4,9,15H,2,5-8,10-12H2. The van der Waals surface area contributed by atoms with E-state index in [0.29, 0.717) is 25.0 Å². The molecule has 3 rings (SSSR count). The van der Waals surface area contributed by atoms with Crippen molar-refractivity contribution in [1.82, 2.24) is 9.21 Å². The molecule has 6 heteroatoms. The Morgan fingerprint density at radius 1 is 1.19 bits per heavy atom. The first kappa shape index (κ1) is 15.3. The van der Waals surface area contributed by atoms with Crippen LogP contribution in [0.5, 0.6) is 0 Å². The van der Waals surface area contributed by atoms with Gasteiger partial charge in [-0.1, -0.05) is 24.3 Å². The lowest BCUT2D eigenvalue weighted by Gasteiger charge is -2.36. The Kier molecular flexibility index (Phi) is 4.54. The van der Waals surface area contributed by atoms with Crippen LogP contribution >= 0.6 is 11.6 Å². The van der Waals surface area contributed by atoms with Crippen LogP contribution in [0.3, 0.4) is 0 Å². The van der Waals surface area contributed by atoms with Gasteiger partial charge in [0.1, 0.15) is 0 Å². The van der Waals surface area contributed by atoms with Crippen molar-refractivity contribution in [1.29, 1.82) is 0 Å². The van der Waals surface area contributed by atoms with Crippen molar-refractivity contribution in [3.05, 3.63) is 35.4 Å². The van der Waals surface area contributed by atoms with E-state index >= 15 is 0 Å². The lowest BCUT2D eigenvalue weighted by Crippen LogP contribution is -2.52. The number of hydrogen-bond acceptors (Lipinski definition) is 3. The minimum atomic E-state index is -3.24. The molecule has 1 unspecified atom stereocenters. The summed E-state index contributed by atoms with van der Waals surface area (Å²) in [6, 6.07) is 7.95. The Balaban J connectivity index is 1.71. The number of sulfonamides is 1. The normalized spacial score (nSPS) is 24.1. The zero-order chi connectivity index (χ0) is 14.9. The molecule has 2 aliphatic heterocycles. The number of nitrogens with zero attached hydrogens (tertiary/aromatic N) is 2. The molecular formula is C15H21ClN2O2S. The van der Waals surface area contributed by atoms with E-state index in [0.717, 1.165) is 30.6 Å². The molecule has 0 spiro atoms. The van der Waals surface area contributed by atoms with Gasteiger partial charge in [-0.05, 0) is 30.5 Å². The Morgan fingerprint density at radius 3 is 2.81 bits per heavy atom. The summed E-state index contributed by atoms with van der Waals surface area (Å²) < 4.78 is 26.9. The number of piperazine rings is 1. The molecule has 1 aromatic rings. The van der Waals surface area contributed by atoms with E-state index in [1.54, 1.807) is 4.31 Å². The molecule has 0 amide bonds. The maximum Gasteiger partial charge on any atom is 0.218 e. The van der Waals surface area contributed by atoms with Gasteiger partial charge in [0.25, 0.3) is 0 Å². The zero-order valence-corrected chi connectivity index (χ0v) is 13.6. The first-order valence-corrected chi connectivity index (χ1v) is 9.58. The van der Waals surface area contributed by atoms with E-state index in [1.165, 1.54) is 6.42 Å². The fourth-order valence-electron chi connectivity index (χ4n) is 3.32. The summed E-state index contributed by atoms with van der Waals surface area (Å²) >= 11 is 5.81. The Bertz CT molecular complexity index is 605. The van der Waals surface area contributed by atoms with Crippen LogP contribution < -0.4 is 0 Å². The second-order valence-electron chi connectivity index (χ2n) is 5.90. The van der Waals surface area contributed by atoms with Crippen LogP contribution in [0.1, 0.15) is 24.0 Å². The minimum Gasteiger partial charge on any atom is -0.298 e. The largest absolute Gasteiger partial charge is 0.298 e. The van der Waals surface area contributed by atoms with Gasteiger partial charge >= 0.3 is 0 Å². The highest BCUT2D eigenvalue weighted by Gasteiger charge is 2.35. The summed E-state index contributed by atoms with van der Waals surface area (Å²) in [6.07, 6.45) is 2.31. The van der Waals surface area contributed by atoms with Gasteiger partial charge in [0.05, 0.1) is 5.75 Å². The average molecular weight is 329 g/mol. The van der Waals surface area contributed by atoms with Crippen LogP contribution in [0, 0.1) is 0 Å². The van der Waals surface area contributed by atoms with E-state index in [1.807, 2.05) is 24.3 Å². The quantitative estimate of drug-likeness (QED) is 0.794. The van der Waals surface area contributed by atoms with Crippen LogP contribution in [-0.4, -0.2) is 49.8 Å². The average Bonchev–Trinajstić information content (AvgIpc) is 2.94. The van der Waals surface area contributed by atoms with Crippen molar-refractivity contribution in [2.75, 3.05) is 26.2 Å². The molecule has 116 valence electrons. The van der Waals surface area contributed by atoms with Crippen molar-refractivity contribution < 1.29 is 8.42 Å². The van der Waals surface area contributed by atoms with Gasteiger partial charge in [-0.15, -0.1) is 11.6 Å². The molecule has 1 aromatic carbocycles. The summed E-state index contributed by atoms with van der Waals surface area (Å²) in [5.41, 5.74) is 1.78. The maximum atomic E-state index is 12.6. The lowest BCUT2D eigenvalue weighted by molar-refractivity contribution is 0.158. The molecular weight excluding hydrogens is 308 g/mol. The second kappa shape index (κ2) is 6.24. The Labute approximate surface area is 131 Å². The third-order valence-corrected chi connectivity index (χ3v) is 6.56. The molecule has 4 nitrogen and oxygen atoms in total. The highest BCUT2D eigenvalue weighted by molar-refractivity contribution is 7.88. The molecule has 0 N–H and O–H groups in total. The topological polar surface area (TPSA) is 40.6 Å². The first-order valence-electron chi connectivity index (χ1n) is 7.44. The predicted octanol–water partition coefficient (Wildman–Crippen LogP) is 2.04. The van der Waals surface area contributed by atoms with Gasteiger partial charge in [-0.3, -0.25) is 4.90 Å². The van der Waals surface area contributed by atoms with Crippen LogP contribution in [0.4, 0.5) is 0 Å². The summed E-state index contributed by atoms with van der Waals surface area (Å²) in [5.74, 6) is 0.485. The summed E-state index contributed by atoms with van der Waals surface area (Å²) in [5, 5.41) is 0. The molecule has 2 fully saturated rings. The SMILES string of the molecule is O=S(=O)(Cc1cccc(CCl)c1)N1CCN2CCCC2C1. The summed E-state index contributed by atoms with van der Waals surface area (Å²) in [6.45, 7) is 3.26. The van der Waals surface area contributed by atoms with Crippen molar-refractivity contribution in [2.45, 2.75) is 30.5 Å². The van der Waals surface area contributed by atoms with Crippen molar-refractivity contribution in [3.63, 3.8) is 0 Å². The summed E-state index contributed by atoms with van der Waals surface area (Å²) in [7, 11) is -3.24. The third-order valence-electron chi connectivity index (χ3n) is 4.44. The third kappa shape index (κ3) is 3.42. The minimum absolute atomic E-state index is 0.0739. The van der Waals surface area contributed by atoms with Gasteiger partial charge in [-0.2, -0.15) is 4.31 Å². The number of hydrogen-bond donors (Lipinski definition) is 0. The molecule has 2 heterocycles. The maximum absolute atomic E-state index is 12.6. The predicted molar refractivity (Wildman–Crippen MR) is 84.8 cm³/mol. The van der Waals surface area contributed by atoms with Gasteiger partial charge in [-0.25, -0.2) is 8.42 Å². The molecule has 0 aromatic heterocycles. The molecule has 0 radical (unpaired) electrons. The molecule has 0 saturated carbocycles. The van der Waals surface area contributed by atoms with Crippen LogP contribution in [0.25, 0.3) is 0 Å². The number of alkyl halides is 1. The van der Waals surface area contributed by atoms with E-state index in [4.69, 9.17) is 11.6 Å². The van der Waals surface area contributed by atoms with Crippen molar-refractivity contribution >= 4 is 21.6 Å². The number of rotatable bonds is 4. The van der Waals surface area contributed by atoms with Gasteiger partial charge in [0.15, 0.2) is 0 Å². The second-order valence-corrected chi connectivity index (χ2v) is 8.14. The van der Waals surface area contributed by atoms with Crippen LogP contribution in [-0.2, 0) is 21.7 Å². The smallest absolute Gasteiger partial charge is 0.218 e. The molecule has 2 saturated heterocycles. The molecule has 1 atom stereocenters. The molecule has 2 aliphatic rings. The fourth-order valence-corrected chi connectivity index (χ4v) is 5.03. The monoisotopic (exact) mass is 328 g/mol. The van der Waals surface area contributed by atoms with Crippen LogP contribution in [0.2, 0.25) is 0 Å². The van der Waals surface area contributed by atoms with E-state index in [-0.39, 0.29) is 5.75 Å². The van der Waals surface area contributed by atoms with E-state index in [9.17, 15) is 8.42 Å². The van der Waals surface area contributed by atoms with Gasteiger partial charge < -0.3 is 0 Å². The zero-order valence-electron chi connectivity index (χ0n) is 12.0. The van der Waals surface area contributed by atoms with Crippen LogP contribution in [0.15, 0.2) is 24.3 Å². The van der Waals surface area contributed by atoms with E-state index < -0.39 is 10.0 Å². The summed E-state index contributed by atoms with van der Waals surface area (Å²) in [4.78, 5) is 2.42. The van der Waals surface area contributed by atoms with Gasteiger partial charge in [0.2, 0.25) is 10.0 Å². The highest BCUT2D eigenvalue weighted by atomic mass is 35.5. The van der Waals surface area contributed by atoms with Crippen molar-refractivity contribution in [2.24, 2.45) is 0 Å². The Morgan fingerprint density at radius 2 is 2.00 bits per heavy atom. The number of benzene rings is 1. The first-order chi connectivity index (χ1) is 10.1. The lowest BCUT2D eigenvalue weighted by atomic mass is 10.2. The molecule has 21 heavy (non-hydrogen) atoms. The molecule has 0 bridgehead atoms. The molecule has 0 aliphatic carbocycles. The van der Waals surface area contributed by atoms with Crippen molar-refractivity contribution in [3.8, 4) is 0 Å². The number of fused-ring (bicyclic) bond motifs is 1. The fraction of sp³-hybridized carbons (Fsp3) is 0.600. The van der Waals surface area contributed by atoms with E-state index in [2.05, 4.69) is 4.90 Å². The highest BCUT2D eigenvalue weighted by Crippen LogP contribution is 2.24.